The summed E-state index contributed by atoms with van der Waals surface area (Å²) in [6.45, 7) is 0.284. The molecule has 8 heteroatoms. The Labute approximate surface area is 190 Å². The van der Waals surface area contributed by atoms with Crippen LogP contribution in [-0.2, 0) is 16.0 Å². The van der Waals surface area contributed by atoms with Crippen LogP contribution in [0, 0.1) is 0 Å². The Morgan fingerprint density at radius 2 is 1.79 bits per heavy atom. The van der Waals surface area contributed by atoms with Crippen molar-refractivity contribution in [3.8, 4) is 5.75 Å². The summed E-state index contributed by atoms with van der Waals surface area (Å²) in [6, 6.07) is 18.1. The van der Waals surface area contributed by atoms with E-state index in [1.807, 2.05) is 42.5 Å². The van der Waals surface area contributed by atoms with Crippen LogP contribution in [0.15, 0.2) is 66.7 Å². The second-order valence-electron chi connectivity index (χ2n) is 8.50. The summed E-state index contributed by atoms with van der Waals surface area (Å²) in [4.78, 5) is 39.9. The normalized spacial score (nSPS) is 22.1. The topological polar surface area (TPSA) is 111 Å². The predicted octanol–water partition coefficient (Wildman–Crippen LogP) is 2.38. The van der Waals surface area contributed by atoms with Crippen LogP contribution < -0.4 is 16.0 Å². The van der Waals surface area contributed by atoms with Gasteiger partial charge in [0, 0.05) is 18.4 Å². The lowest BCUT2D eigenvalue weighted by molar-refractivity contribution is -0.147. The Morgan fingerprint density at radius 3 is 2.61 bits per heavy atom. The lowest BCUT2D eigenvalue weighted by Crippen LogP contribution is -2.61. The molecule has 33 heavy (non-hydrogen) atoms. The quantitative estimate of drug-likeness (QED) is 0.495. The average molecular weight is 444 g/mol. The molecule has 4 N–H and O–H groups in total. The molecule has 0 unspecified atom stereocenters. The largest absolute Gasteiger partial charge is 0.508 e. The number of urea groups is 1. The Morgan fingerprint density at radius 1 is 1.03 bits per heavy atom. The lowest BCUT2D eigenvalue weighted by Gasteiger charge is -2.34. The molecule has 0 aromatic heterocycles. The number of phenols is 1. The molecule has 4 amide bonds. The van der Waals surface area contributed by atoms with Crippen LogP contribution in [0.3, 0.4) is 0 Å². The van der Waals surface area contributed by atoms with Gasteiger partial charge in [-0.2, -0.15) is 0 Å². The Bertz CT molecular complexity index is 1220. The van der Waals surface area contributed by atoms with Crippen LogP contribution >= 0.6 is 0 Å². The highest BCUT2D eigenvalue weighted by molar-refractivity contribution is 6.02. The predicted molar refractivity (Wildman–Crippen MR) is 124 cm³/mol. The number of hydrogen-bond acceptors (Lipinski definition) is 4. The molecule has 3 atom stereocenters. The van der Waals surface area contributed by atoms with Crippen molar-refractivity contribution in [1.82, 2.24) is 15.5 Å². The average Bonchev–Trinajstić information content (AvgIpc) is 3.23. The van der Waals surface area contributed by atoms with Gasteiger partial charge in [0.2, 0.25) is 11.8 Å². The maximum Gasteiger partial charge on any atom is 0.319 e. The minimum absolute atomic E-state index is 0.146. The first-order chi connectivity index (χ1) is 16.0. The van der Waals surface area contributed by atoms with Gasteiger partial charge in [-0.3, -0.25) is 9.59 Å². The minimum atomic E-state index is -0.665. The van der Waals surface area contributed by atoms with Gasteiger partial charge in [-0.25, -0.2) is 4.79 Å². The summed E-state index contributed by atoms with van der Waals surface area (Å²) in [5.41, 5.74) is 1.54. The SMILES string of the molecule is O=C(Nc1cccc2ccccc12)N[C@H]1C[C@H]2C(=O)N[C@@H](Cc3ccc(O)cc3)C(=O)N2C1. The highest BCUT2D eigenvalue weighted by Gasteiger charge is 2.46. The van der Waals surface area contributed by atoms with E-state index in [2.05, 4.69) is 16.0 Å². The number of anilines is 1. The summed E-state index contributed by atoms with van der Waals surface area (Å²) in [5, 5.41) is 20.0. The third kappa shape index (κ3) is 4.19. The standard InChI is InChI=1S/C25H24N4O4/c30-18-10-8-15(9-11-18)12-21-24(32)29-14-17(13-22(29)23(31)27-21)26-25(33)28-20-7-3-5-16-4-1-2-6-19(16)20/h1-11,17,21-22,30H,12-14H2,(H,27,31)(H2,26,28,33)/t17-,21-,22-/m0/s1. The van der Waals surface area contributed by atoms with Crippen molar-refractivity contribution < 1.29 is 19.5 Å². The molecule has 168 valence electrons. The lowest BCUT2D eigenvalue weighted by atomic mass is 10.0. The van der Waals surface area contributed by atoms with Crippen molar-refractivity contribution in [2.45, 2.75) is 31.0 Å². The van der Waals surface area contributed by atoms with Crippen molar-refractivity contribution in [1.29, 1.82) is 0 Å². The number of carbonyl (C=O) groups excluding carboxylic acids is 3. The fourth-order valence-electron chi connectivity index (χ4n) is 4.65. The van der Waals surface area contributed by atoms with E-state index in [9.17, 15) is 19.5 Å². The van der Waals surface area contributed by atoms with Crippen LogP contribution in [0.5, 0.6) is 5.75 Å². The fourth-order valence-corrected chi connectivity index (χ4v) is 4.65. The van der Waals surface area contributed by atoms with Gasteiger partial charge in [0.05, 0.1) is 11.7 Å². The number of phenolic OH excluding ortho intramolecular Hbond substituents is 1. The summed E-state index contributed by atoms with van der Waals surface area (Å²) in [6.07, 6.45) is 0.709. The molecule has 3 aromatic carbocycles. The zero-order valence-corrected chi connectivity index (χ0v) is 17.8. The van der Waals surface area contributed by atoms with Crippen molar-refractivity contribution in [3.63, 3.8) is 0 Å². The van der Waals surface area contributed by atoms with Crippen molar-refractivity contribution in [3.05, 3.63) is 72.3 Å². The number of nitrogens with zero attached hydrogens (tertiary/aromatic N) is 1. The molecular formula is C25H24N4O4. The van der Waals surface area contributed by atoms with Crippen LogP contribution in [0.25, 0.3) is 10.8 Å². The minimum Gasteiger partial charge on any atom is -0.508 e. The van der Waals surface area contributed by atoms with Gasteiger partial charge in [0.15, 0.2) is 0 Å². The smallest absolute Gasteiger partial charge is 0.319 e. The second-order valence-corrected chi connectivity index (χ2v) is 8.50. The molecule has 0 spiro atoms. The summed E-state index contributed by atoms with van der Waals surface area (Å²) >= 11 is 0. The van der Waals surface area contributed by atoms with Crippen molar-refractivity contribution >= 4 is 34.3 Å². The summed E-state index contributed by atoms with van der Waals surface area (Å²) in [5.74, 6) is -0.225. The number of carbonyl (C=O) groups is 3. The Kier molecular flexibility index (Phi) is 5.34. The zero-order chi connectivity index (χ0) is 22.9. The van der Waals surface area contributed by atoms with E-state index < -0.39 is 12.1 Å². The van der Waals surface area contributed by atoms with Gasteiger partial charge in [0.25, 0.3) is 0 Å². The highest BCUT2D eigenvalue weighted by Crippen LogP contribution is 2.26. The summed E-state index contributed by atoms with van der Waals surface area (Å²) in [7, 11) is 0. The number of amides is 4. The first-order valence-electron chi connectivity index (χ1n) is 10.9. The number of benzene rings is 3. The summed E-state index contributed by atoms with van der Waals surface area (Å²) < 4.78 is 0. The van der Waals surface area contributed by atoms with Crippen LogP contribution in [-0.4, -0.2) is 52.5 Å². The van der Waals surface area contributed by atoms with Crippen LogP contribution in [0.2, 0.25) is 0 Å². The molecule has 2 saturated heterocycles. The number of fused-ring (bicyclic) bond motifs is 2. The van der Waals surface area contributed by atoms with E-state index in [-0.39, 0.29) is 36.2 Å². The van der Waals surface area contributed by atoms with E-state index >= 15 is 0 Å². The van der Waals surface area contributed by atoms with Gasteiger partial charge >= 0.3 is 6.03 Å². The van der Waals surface area contributed by atoms with E-state index in [1.54, 1.807) is 29.2 Å². The molecule has 3 aromatic rings. The Hall–Kier alpha value is -4.07. The fraction of sp³-hybridized carbons (Fsp3) is 0.240. The van der Waals surface area contributed by atoms with E-state index in [1.165, 1.54) is 0 Å². The van der Waals surface area contributed by atoms with Gasteiger partial charge in [-0.1, -0.05) is 48.5 Å². The van der Waals surface area contributed by atoms with Crippen molar-refractivity contribution in [2.24, 2.45) is 0 Å². The Balaban J connectivity index is 1.23. The first-order valence-corrected chi connectivity index (χ1v) is 10.9. The zero-order valence-electron chi connectivity index (χ0n) is 17.8. The number of nitrogens with one attached hydrogen (secondary N) is 3. The van der Waals surface area contributed by atoms with Gasteiger partial charge in [-0.05, 0) is 35.6 Å². The van der Waals surface area contributed by atoms with Crippen LogP contribution in [0.4, 0.5) is 10.5 Å². The molecule has 2 fully saturated rings. The molecule has 0 saturated carbocycles. The third-order valence-electron chi connectivity index (χ3n) is 6.25. The van der Waals surface area contributed by atoms with Crippen LogP contribution in [0.1, 0.15) is 12.0 Å². The van der Waals surface area contributed by atoms with E-state index in [4.69, 9.17) is 0 Å². The van der Waals surface area contributed by atoms with E-state index in [0.29, 0.717) is 18.5 Å². The highest BCUT2D eigenvalue weighted by atomic mass is 16.3. The molecule has 2 aliphatic rings. The molecule has 2 heterocycles. The first kappa shape index (κ1) is 20.8. The molecule has 0 aliphatic carbocycles. The molecule has 5 rings (SSSR count). The monoisotopic (exact) mass is 444 g/mol. The molecule has 8 nitrogen and oxygen atoms in total. The third-order valence-corrected chi connectivity index (χ3v) is 6.25. The molecule has 0 bridgehead atoms. The molecule has 0 radical (unpaired) electrons. The number of piperazine rings is 1. The molecular weight excluding hydrogens is 420 g/mol. The number of rotatable bonds is 4. The maximum absolute atomic E-state index is 13.0. The molecule has 2 aliphatic heterocycles. The maximum atomic E-state index is 13.0. The van der Waals surface area contributed by atoms with Gasteiger partial charge in [-0.15, -0.1) is 0 Å². The number of aromatic hydroxyl groups is 1. The van der Waals surface area contributed by atoms with Gasteiger partial charge < -0.3 is 26.0 Å². The van der Waals surface area contributed by atoms with Crippen molar-refractivity contribution in [2.75, 3.05) is 11.9 Å². The van der Waals surface area contributed by atoms with Gasteiger partial charge in [0.1, 0.15) is 17.8 Å². The number of hydrogen-bond donors (Lipinski definition) is 4. The van der Waals surface area contributed by atoms with E-state index in [0.717, 1.165) is 16.3 Å². The second kappa shape index (κ2) is 8.46.